The Morgan fingerprint density at radius 3 is 2.77 bits per heavy atom. The summed E-state index contributed by atoms with van der Waals surface area (Å²) >= 11 is 5.96. The van der Waals surface area contributed by atoms with Crippen LogP contribution in [0, 0.1) is 6.92 Å². The average Bonchev–Trinajstić information content (AvgIpc) is 2.73. The minimum atomic E-state index is -3.49. The van der Waals surface area contributed by atoms with Crippen LogP contribution in [0.4, 0.5) is 14.6 Å². The van der Waals surface area contributed by atoms with Crippen LogP contribution in [0.2, 0.25) is 5.02 Å². The van der Waals surface area contributed by atoms with Gasteiger partial charge in [0.1, 0.15) is 5.75 Å². The lowest BCUT2D eigenvalue weighted by Crippen LogP contribution is -2.33. The van der Waals surface area contributed by atoms with Crippen LogP contribution < -0.4 is 16.2 Å². The molecular formula is C21H22ClF2N5O2. The Morgan fingerprint density at radius 1 is 1.23 bits per heavy atom. The molecule has 164 valence electrons. The fourth-order valence-corrected chi connectivity index (χ4v) is 3.21. The molecule has 0 radical (unpaired) electrons. The smallest absolute Gasteiger partial charge is 0.310 e. The number of rotatable bonds is 9. The number of aryl methyl sites for hydroxylation is 1. The molecule has 2 heterocycles. The number of nitrogens with zero attached hydrogens (tertiary/aromatic N) is 3. The van der Waals surface area contributed by atoms with Crippen molar-refractivity contribution in [3.05, 3.63) is 81.1 Å². The number of aromatic hydroxyl groups is 1. The Morgan fingerprint density at radius 2 is 2.03 bits per heavy atom. The first kappa shape index (κ1) is 22.6. The highest BCUT2D eigenvalue weighted by Crippen LogP contribution is 2.32. The molecule has 0 saturated heterocycles. The first-order valence-corrected chi connectivity index (χ1v) is 9.93. The van der Waals surface area contributed by atoms with Gasteiger partial charge in [-0.1, -0.05) is 23.7 Å². The van der Waals surface area contributed by atoms with Gasteiger partial charge in [-0.15, -0.1) is 0 Å². The summed E-state index contributed by atoms with van der Waals surface area (Å²) in [7, 11) is 0. The van der Waals surface area contributed by atoms with Gasteiger partial charge in [-0.2, -0.15) is 8.78 Å². The zero-order valence-electron chi connectivity index (χ0n) is 16.8. The quantitative estimate of drug-likeness (QED) is 0.434. The Bertz CT molecular complexity index is 1110. The first-order chi connectivity index (χ1) is 14.8. The maximum atomic E-state index is 14.4. The van der Waals surface area contributed by atoms with Crippen molar-refractivity contribution in [2.24, 2.45) is 0 Å². The molecular weight excluding hydrogens is 428 g/mol. The van der Waals surface area contributed by atoms with Gasteiger partial charge in [0.25, 0.3) is 5.56 Å². The second-order valence-corrected chi connectivity index (χ2v) is 7.38. The normalized spacial score (nSPS) is 11.5. The van der Waals surface area contributed by atoms with Crippen LogP contribution in [-0.4, -0.2) is 32.7 Å². The van der Waals surface area contributed by atoms with Crippen molar-refractivity contribution in [1.82, 2.24) is 19.9 Å². The maximum absolute atomic E-state index is 14.4. The van der Waals surface area contributed by atoms with Gasteiger partial charge in [0.2, 0.25) is 0 Å². The summed E-state index contributed by atoms with van der Waals surface area (Å²) in [6, 6.07) is 9.91. The summed E-state index contributed by atoms with van der Waals surface area (Å²) in [5.41, 5.74) is 0.341. The molecule has 0 spiro atoms. The highest BCUT2D eigenvalue weighted by Gasteiger charge is 2.36. The molecule has 0 unspecified atom stereocenters. The molecule has 1 aromatic carbocycles. The predicted octanol–water partition coefficient (Wildman–Crippen LogP) is 3.30. The molecule has 0 aliphatic rings. The van der Waals surface area contributed by atoms with E-state index in [4.69, 9.17) is 11.6 Å². The van der Waals surface area contributed by atoms with Crippen LogP contribution in [0.25, 0.3) is 0 Å². The molecule has 0 bridgehead atoms. The van der Waals surface area contributed by atoms with Gasteiger partial charge < -0.3 is 20.3 Å². The molecule has 0 aliphatic carbocycles. The van der Waals surface area contributed by atoms with Gasteiger partial charge in [-0.25, -0.2) is 4.98 Å². The number of pyridine rings is 1. The topological polar surface area (TPSA) is 92.1 Å². The molecule has 7 nitrogen and oxygen atoms in total. The molecule has 0 saturated carbocycles. The zero-order valence-corrected chi connectivity index (χ0v) is 17.5. The van der Waals surface area contributed by atoms with E-state index in [2.05, 4.69) is 20.6 Å². The first-order valence-electron chi connectivity index (χ1n) is 9.55. The lowest BCUT2D eigenvalue weighted by molar-refractivity contribution is 0.00350. The van der Waals surface area contributed by atoms with Crippen LogP contribution in [0.15, 0.2) is 53.6 Å². The van der Waals surface area contributed by atoms with E-state index >= 15 is 0 Å². The van der Waals surface area contributed by atoms with Crippen LogP contribution in [0.3, 0.4) is 0 Å². The third-order valence-electron chi connectivity index (χ3n) is 4.60. The van der Waals surface area contributed by atoms with Gasteiger partial charge in [0.05, 0.1) is 6.54 Å². The van der Waals surface area contributed by atoms with Gasteiger partial charge in [-0.05, 0) is 36.8 Å². The monoisotopic (exact) mass is 449 g/mol. The predicted molar refractivity (Wildman–Crippen MR) is 115 cm³/mol. The molecule has 10 heteroatoms. The number of hydrogen-bond donors (Lipinski definition) is 3. The summed E-state index contributed by atoms with van der Waals surface area (Å²) in [6.45, 7) is 2.17. The fourth-order valence-electron chi connectivity index (χ4n) is 3.00. The second kappa shape index (κ2) is 9.84. The van der Waals surface area contributed by atoms with Gasteiger partial charge in [-0.3, -0.25) is 9.78 Å². The van der Waals surface area contributed by atoms with Crippen LogP contribution in [0.5, 0.6) is 5.75 Å². The third kappa shape index (κ3) is 5.77. The summed E-state index contributed by atoms with van der Waals surface area (Å²) < 4.78 is 30.3. The third-order valence-corrected chi connectivity index (χ3v) is 4.83. The van der Waals surface area contributed by atoms with Crippen molar-refractivity contribution in [2.45, 2.75) is 25.9 Å². The van der Waals surface area contributed by atoms with E-state index in [0.29, 0.717) is 30.4 Å². The number of anilines is 1. The second-order valence-electron chi connectivity index (χ2n) is 6.94. The summed E-state index contributed by atoms with van der Waals surface area (Å²) in [4.78, 5) is 20.2. The van der Waals surface area contributed by atoms with Crippen LogP contribution in [-0.2, 0) is 19.0 Å². The fraction of sp³-hybridized carbons (Fsp3) is 0.286. The number of aromatic nitrogens is 3. The molecule has 0 fully saturated rings. The number of nitrogens with one attached hydrogen (secondary N) is 2. The molecule has 3 N–H and O–H groups in total. The van der Waals surface area contributed by atoms with E-state index in [9.17, 15) is 18.7 Å². The van der Waals surface area contributed by atoms with Crippen molar-refractivity contribution >= 4 is 17.4 Å². The van der Waals surface area contributed by atoms with E-state index in [-0.39, 0.29) is 5.82 Å². The minimum absolute atomic E-state index is 0.199. The lowest BCUT2D eigenvalue weighted by atomic mass is 10.2. The Hall–Kier alpha value is -3.04. The highest BCUT2D eigenvalue weighted by molar-refractivity contribution is 6.30. The molecule has 31 heavy (non-hydrogen) atoms. The van der Waals surface area contributed by atoms with E-state index in [1.807, 2.05) is 18.2 Å². The Balaban J connectivity index is 1.63. The van der Waals surface area contributed by atoms with Gasteiger partial charge in [0.15, 0.2) is 11.5 Å². The van der Waals surface area contributed by atoms with E-state index in [1.54, 1.807) is 13.0 Å². The number of benzene rings is 1. The molecule has 0 amide bonds. The van der Waals surface area contributed by atoms with Gasteiger partial charge >= 0.3 is 5.92 Å². The van der Waals surface area contributed by atoms with Crippen LogP contribution >= 0.6 is 11.6 Å². The minimum Gasteiger partial charge on any atom is -0.506 e. The van der Waals surface area contributed by atoms with Crippen molar-refractivity contribution < 1.29 is 13.9 Å². The number of hydrogen-bond acceptors (Lipinski definition) is 6. The van der Waals surface area contributed by atoms with Crippen LogP contribution in [0.1, 0.15) is 17.0 Å². The van der Waals surface area contributed by atoms with E-state index < -0.39 is 29.5 Å². The Labute approximate surface area is 182 Å². The highest BCUT2D eigenvalue weighted by atomic mass is 35.5. The molecule has 3 aromatic rings. The molecule has 3 rings (SSSR count). The average molecular weight is 450 g/mol. The molecule has 0 aliphatic heterocycles. The van der Waals surface area contributed by atoms with Crippen molar-refractivity contribution in [3.8, 4) is 5.75 Å². The zero-order chi connectivity index (χ0) is 22.4. The van der Waals surface area contributed by atoms with Crippen molar-refractivity contribution in [1.29, 1.82) is 0 Å². The Kier molecular flexibility index (Phi) is 7.19. The SMILES string of the molecule is Cc1cnc(NCC(F)(F)c2ncccc2O)c(=O)n1CCNCc1cccc(Cl)c1. The number of alkyl halides is 2. The van der Waals surface area contributed by atoms with E-state index in [1.165, 1.54) is 16.8 Å². The standard InChI is InChI=1S/C21H22ClF2N5O2/c1-14-11-27-19(28-13-21(23,24)18-17(30)6-3-7-26-18)20(31)29(14)9-8-25-12-15-4-2-5-16(22)10-15/h2-7,10-11,25,30H,8-9,12-13H2,1H3,(H,27,28). The van der Waals surface area contributed by atoms with Gasteiger partial charge in [0, 0.05) is 42.7 Å². The van der Waals surface area contributed by atoms with Crippen molar-refractivity contribution in [2.75, 3.05) is 18.4 Å². The largest absolute Gasteiger partial charge is 0.506 e. The summed E-state index contributed by atoms with van der Waals surface area (Å²) in [5.74, 6) is -4.31. The van der Waals surface area contributed by atoms with E-state index in [0.717, 1.165) is 17.8 Å². The van der Waals surface area contributed by atoms with Crippen molar-refractivity contribution in [3.63, 3.8) is 0 Å². The summed E-state index contributed by atoms with van der Waals surface area (Å²) in [5, 5.41) is 15.9. The number of halogens is 3. The lowest BCUT2D eigenvalue weighted by Gasteiger charge is -2.18. The molecule has 2 aromatic heterocycles. The maximum Gasteiger partial charge on any atom is 0.310 e. The molecule has 0 atom stereocenters. The summed E-state index contributed by atoms with van der Waals surface area (Å²) in [6.07, 6.45) is 2.60.